The number of aryl methyl sites for hydroxylation is 2. The van der Waals surface area contributed by atoms with E-state index in [0.29, 0.717) is 36.8 Å². The van der Waals surface area contributed by atoms with Crippen LogP contribution >= 0.6 is 0 Å². The number of aromatic amines is 1. The Morgan fingerprint density at radius 2 is 1.97 bits per heavy atom. The molecule has 2 atom stereocenters. The van der Waals surface area contributed by atoms with Gasteiger partial charge in [-0.15, -0.1) is 0 Å². The Hall–Kier alpha value is -3.46. The Labute approximate surface area is 229 Å². The number of carbonyl (C=O) groups is 2. The maximum Gasteiger partial charge on any atom is 0.253 e. The van der Waals surface area contributed by atoms with Gasteiger partial charge < -0.3 is 20.5 Å². The first-order valence-corrected chi connectivity index (χ1v) is 14.2. The molecule has 9 nitrogen and oxygen atoms in total. The van der Waals surface area contributed by atoms with E-state index in [2.05, 4.69) is 39.4 Å². The Balaban J connectivity index is 1.45. The number of carbonyl (C=O) groups excluding carboxylic acids is 2. The van der Waals surface area contributed by atoms with Gasteiger partial charge in [-0.05, 0) is 51.8 Å². The fraction of sp³-hybridized carbons (Fsp3) is 0.533. The quantitative estimate of drug-likeness (QED) is 0.475. The second-order valence-corrected chi connectivity index (χ2v) is 11.2. The van der Waals surface area contributed by atoms with Gasteiger partial charge in [0.15, 0.2) is 0 Å². The van der Waals surface area contributed by atoms with E-state index in [1.165, 1.54) is 18.4 Å². The minimum absolute atomic E-state index is 0.0427. The zero-order valence-corrected chi connectivity index (χ0v) is 23.5. The highest BCUT2D eigenvalue weighted by atomic mass is 16.2. The lowest BCUT2D eigenvalue weighted by Gasteiger charge is -2.35. The molecule has 0 aromatic carbocycles. The number of fused-ring (bicyclic) bond motifs is 1. The van der Waals surface area contributed by atoms with Crippen molar-refractivity contribution in [3.05, 3.63) is 68.4 Å². The van der Waals surface area contributed by atoms with E-state index in [-0.39, 0.29) is 35.8 Å². The molecule has 2 aliphatic carbocycles. The van der Waals surface area contributed by atoms with Crippen molar-refractivity contribution in [2.75, 3.05) is 26.7 Å². The lowest BCUT2D eigenvalue weighted by Crippen LogP contribution is -2.40. The number of amides is 2. The summed E-state index contributed by atoms with van der Waals surface area (Å²) in [6.07, 6.45) is 11.5. The first-order valence-electron chi connectivity index (χ1n) is 14.2. The molecule has 3 aliphatic rings. The zero-order valence-electron chi connectivity index (χ0n) is 23.5. The average Bonchev–Trinajstić information content (AvgIpc) is 3.59. The highest BCUT2D eigenvalue weighted by molar-refractivity contribution is 6.20. The number of allylic oxidation sites excluding steroid dienone is 1. The first-order chi connectivity index (χ1) is 18.8. The molecule has 2 aromatic heterocycles. The van der Waals surface area contributed by atoms with Gasteiger partial charge in [-0.1, -0.05) is 37.5 Å². The van der Waals surface area contributed by atoms with Crippen molar-refractivity contribution in [3.8, 4) is 0 Å². The monoisotopic (exact) mass is 532 g/mol. The van der Waals surface area contributed by atoms with Gasteiger partial charge in [-0.3, -0.25) is 19.1 Å². The van der Waals surface area contributed by atoms with Crippen LogP contribution in [0, 0.1) is 19.8 Å². The van der Waals surface area contributed by atoms with Crippen LogP contribution in [0.3, 0.4) is 0 Å². The summed E-state index contributed by atoms with van der Waals surface area (Å²) < 4.78 is 2.18. The van der Waals surface area contributed by atoms with Crippen molar-refractivity contribution in [2.24, 2.45) is 5.92 Å². The Morgan fingerprint density at radius 3 is 2.64 bits per heavy atom. The number of hydrogen-bond acceptors (Lipinski definition) is 5. The molecule has 1 fully saturated rings. The van der Waals surface area contributed by atoms with Gasteiger partial charge in [0.05, 0.1) is 24.5 Å². The number of aromatic nitrogens is 3. The Morgan fingerprint density at radius 1 is 1.21 bits per heavy atom. The first kappa shape index (κ1) is 27.1. The van der Waals surface area contributed by atoms with E-state index >= 15 is 0 Å². The summed E-state index contributed by atoms with van der Waals surface area (Å²) >= 11 is 0. The molecule has 2 amide bonds. The summed E-state index contributed by atoms with van der Waals surface area (Å²) in [6.45, 7) is 7.73. The van der Waals surface area contributed by atoms with Crippen molar-refractivity contribution in [3.63, 3.8) is 0 Å². The van der Waals surface area contributed by atoms with Crippen LogP contribution in [0.25, 0.3) is 5.57 Å². The van der Waals surface area contributed by atoms with Crippen LogP contribution in [0.15, 0.2) is 34.8 Å². The summed E-state index contributed by atoms with van der Waals surface area (Å²) in [4.78, 5) is 43.3. The smallest absolute Gasteiger partial charge is 0.253 e. The van der Waals surface area contributed by atoms with Gasteiger partial charge >= 0.3 is 0 Å². The van der Waals surface area contributed by atoms with Crippen molar-refractivity contribution in [2.45, 2.75) is 71.4 Å². The number of hydrogen-bond donors (Lipinski definition) is 3. The summed E-state index contributed by atoms with van der Waals surface area (Å²) in [5, 5.41) is 10.8. The van der Waals surface area contributed by atoms with Crippen LogP contribution in [-0.4, -0.2) is 58.2 Å². The van der Waals surface area contributed by atoms with E-state index in [1.807, 2.05) is 31.0 Å². The van der Waals surface area contributed by atoms with Crippen LogP contribution in [0.4, 0.5) is 0 Å². The number of nitrogens with zero attached hydrogens (tertiary/aromatic N) is 3. The average molecular weight is 533 g/mol. The van der Waals surface area contributed by atoms with Crippen LogP contribution in [0.5, 0.6) is 0 Å². The fourth-order valence-electron chi connectivity index (χ4n) is 6.53. The second kappa shape index (κ2) is 11.3. The van der Waals surface area contributed by atoms with Gasteiger partial charge in [-0.25, -0.2) is 0 Å². The summed E-state index contributed by atoms with van der Waals surface area (Å²) in [5.74, 6) is 0.109. The summed E-state index contributed by atoms with van der Waals surface area (Å²) in [6, 6.07) is 2.28. The molecule has 1 aliphatic heterocycles. The minimum Gasteiger partial charge on any atom is -0.348 e. The van der Waals surface area contributed by atoms with Gasteiger partial charge in [-0.2, -0.15) is 5.10 Å². The summed E-state index contributed by atoms with van der Waals surface area (Å²) in [7, 11) is 1.78. The highest BCUT2D eigenvalue weighted by Crippen LogP contribution is 2.45. The Kier molecular flexibility index (Phi) is 7.88. The van der Waals surface area contributed by atoms with Crippen LogP contribution in [-0.2, 0) is 16.1 Å². The third-order valence-electron chi connectivity index (χ3n) is 8.63. The Bertz CT molecular complexity index is 1380. The lowest BCUT2D eigenvalue weighted by atomic mass is 9.75. The highest BCUT2D eigenvalue weighted by Gasteiger charge is 2.37. The normalized spacial score (nSPS) is 21.4. The molecule has 0 saturated heterocycles. The van der Waals surface area contributed by atoms with E-state index in [1.54, 1.807) is 7.05 Å². The fourth-order valence-corrected chi connectivity index (χ4v) is 6.53. The largest absolute Gasteiger partial charge is 0.348 e. The molecule has 208 valence electrons. The molecule has 1 saturated carbocycles. The van der Waals surface area contributed by atoms with Crippen molar-refractivity contribution in [1.29, 1.82) is 0 Å². The topological polar surface area (TPSA) is 112 Å². The third kappa shape index (κ3) is 5.37. The molecule has 39 heavy (non-hydrogen) atoms. The van der Waals surface area contributed by atoms with E-state index in [4.69, 9.17) is 5.10 Å². The molecule has 2 unspecified atom stereocenters. The molecule has 3 heterocycles. The molecule has 5 rings (SSSR count). The van der Waals surface area contributed by atoms with Crippen molar-refractivity contribution < 1.29 is 9.59 Å². The molecule has 0 bridgehead atoms. The van der Waals surface area contributed by atoms with E-state index < -0.39 is 0 Å². The molecule has 9 heteroatoms. The maximum atomic E-state index is 13.7. The van der Waals surface area contributed by atoms with E-state index in [9.17, 15) is 14.4 Å². The second-order valence-electron chi connectivity index (χ2n) is 11.2. The van der Waals surface area contributed by atoms with Gasteiger partial charge in [0.1, 0.15) is 0 Å². The minimum atomic E-state index is -0.194. The lowest BCUT2D eigenvalue weighted by molar-refractivity contribution is -0.129. The van der Waals surface area contributed by atoms with Gasteiger partial charge in [0, 0.05) is 53.9 Å². The van der Waals surface area contributed by atoms with Gasteiger partial charge in [0.25, 0.3) is 11.5 Å². The standard InChI is InChI=1S/C30H40N6O3/c1-18-13-19(2)34-30(39)25(18)15-32-29(38)24-14-23(21-9-11-35(12-10-21)27(37)17-31-4)20(3)28-26(24)16-33-36(28)22-7-5-6-8-22/h9,13-14,16,20,22-23,31H,5-8,10-12,15,17H2,1-4H3,(H,32,38)(H,34,39). The number of H-pyrrole nitrogens is 1. The van der Waals surface area contributed by atoms with Crippen molar-refractivity contribution >= 4 is 17.4 Å². The number of pyridine rings is 1. The van der Waals surface area contributed by atoms with Crippen molar-refractivity contribution in [1.82, 2.24) is 30.3 Å². The van der Waals surface area contributed by atoms with Gasteiger partial charge in [0.2, 0.25) is 5.91 Å². The van der Waals surface area contributed by atoms with E-state index in [0.717, 1.165) is 41.8 Å². The molecule has 0 spiro atoms. The number of likely N-dealkylation sites (N-methyl/N-ethyl adjacent to an activating group) is 1. The van der Waals surface area contributed by atoms with Crippen LogP contribution in [0.2, 0.25) is 0 Å². The molecular formula is C30H40N6O3. The van der Waals surface area contributed by atoms with Crippen LogP contribution < -0.4 is 16.2 Å². The summed E-state index contributed by atoms with van der Waals surface area (Å²) in [5.41, 5.74) is 5.95. The third-order valence-corrected chi connectivity index (χ3v) is 8.63. The molecule has 0 radical (unpaired) electrons. The predicted octanol–water partition coefficient (Wildman–Crippen LogP) is 3.11. The SMILES string of the molecule is CNCC(=O)N1CC=C(C2C=C(C(=O)NCc3c(C)cc(C)[nH]c3=O)c3cnn(C4CCCC4)c3C2C)CC1. The predicted molar refractivity (Wildman–Crippen MR) is 151 cm³/mol. The molecule has 2 aromatic rings. The number of nitrogens with one attached hydrogen (secondary N) is 3. The molecular weight excluding hydrogens is 492 g/mol. The number of rotatable bonds is 7. The maximum absolute atomic E-state index is 13.7. The zero-order chi connectivity index (χ0) is 27.7. The molecule has 3 N–H and O–H groups in total. The van der Waals surface area contributed by atoms with Crippen LogP contribution in [0.1, 0.15) is 79.1 Å².